The molecule has 2 N–H and O–H groups in total. The van der Waals surface area contributed by atoms with Gasteiger partial charge in [0.2, 0.25) is 5.91 Å². The van der Waals surface area contributed by atoms with E-state index < -0.39 is 0 Å². The van der Waals surface area contributed by atoms with E-state index in [4.69, 9.17) is 5.11 Å². The maximum atomic E-state index is 12.3. The van der Waals surface area contributed by atoms with Gasteiger partial charge < -0.3 is 24.8 Å². The number of imidazole rings is 1. The molecule has 0 aliphatic carbocycles. The first-order chi connectivity index (χ1) is 10.2. The predicted octanol–water partition coefficient (Wildman–Crippen LogP) is -0.632. The van der Waals surface area contributed by atoms with Crippen LogP contribution in [0.3, 0.4) is 0 Å². The van der Waals surface area contributed by atoms with Crippen LogP contribution in [0.2, 0.25) is 0 Å². The first-order valence-electron chi connectivity index (χ1n) is 7.47. The van der Waals surface area contributed by atoms with Crippen LogP contribution in [0.5, 0.6) is 0 Å². The van der Waals surface area contributed by atoms with E-state index in [1.54, 1.807) is 17.3 Å². The number of aromatic amines is 1. The molecule has 1 saturated heterocycles. The van der Waals surface area contributed by atoms with Crippen LogP contribution in [0.4, 0.5) is 0 Å². The van der Waals surface area contributed by atoms with Gasteiger partial charge in [-0.1, -0.05) is 0 Å². The van der Waals surface area contributed by atoms with E-state index in [9.17, 15) is 4.79 Å². The lowest BCUT2D eigenvalue weighted by Gasteiger charge is -2.32. The minimum Gasteiger partial charge on any atom is -0.395 e. The van der Waals surface area contributed by atoms with Crippen molar-refractivity contribution in [3.8, 4) is 0 Å². The number of nitrogens with zero attached hydrogens (tertiary/aromatic N) is 4. The van der Waals surface area contributed by atoms with E-state index in [2.05, 4.69) is 26.8 Å². The van der Waals surface area contributed by atoms with Crippen molar-refractivity contribution in [2.45, 2.75) is 13.0 Å². The predicted molar refractivity (Wildman–Crippen MR) is 79.6 cm³/mol. The zero-order chi connectivity index (χ0) is 15.1. The van der Waals surface area contributed by atoms with Crippen molar-refractivity contribution in [1.29, 1.82) is 0 Å². The molecular formula is C14H25N5O2. The Labute approximate surface area is 125 Å². The van der Waals surface area contributed by atoms with E-state index in [-0.39, 0.29) is 12.5 Å². The minimum absolute atomic E-state index is 0.0268. The number of hydrogen-bond donors (Lipinski definition) is 2. The van der Waals surface area contributed by atoms with Gasteiger partial charge in [-0.3, -0.25) is 4.79 Å². The van der Waals surface area contributed by atoms with Gasteiger partial charge in [-0.25, -0.2) is 4.98 Å². The SMILES string of the molecule is CN1CCN(CCC(=O)N(CCO)Cc2ncc[nH]2)CC1. The summed E-state index contributed by atoms with van der Waals surface area (Å²) in [4.78, 5) is 25.7. The van der Waals surface area contributed by atoms with Crippen LogP contribution in [-0.2, 0) is 11.3 Å². The third-order valence-corrected chi connectivity index (χ3v) is 3.86. The van der Waals surface area contributed by atoms with Crippen molar-refractivity contribution in [2.75, 3.05) is 52.9 Å². The lowest BCUT2D eigenvalue weighted by molar-refractivity contribution is -0.132. The molecule has 0 unspecified atom stereocenters. The highest BCUT2D eigenvalue weighted by Crippen LogP contribution is 2.05. The van der Waals surface area contributed by atoms with E-state index in [1.807, 2.05) is 0 Å². The van der Waals surface area contributed by atoms with Crippen molar-refractivity contribution in [3.05, 3.63) is 18.2 Å². The molecule has 2 rings (SSSR count). The molecule has 0 saturated carbocycles. The smallest absolute Gasteiger partial charge is 0.224 e. The van der Waals surface area contributed by atoms with Crippen molar-refractivity contribution in [3.63, 3.8) is 0 Å². The maximum absolute atomic E-state index is 12.3. The molecule has 1 aliphatic rings. The highest BCUT2D eigenvalue weighted by atomic mass is 16.3. The summed E-state index contributed by atoms with van der Waals surface area (Å²) in [6.45, 7) is 5.68. The van der Waals surface area contributed by atoms with Gasteiger partial charge in [0.15, 0.2) is 0 Å². The molecule has 2 heterocycles. The Kier molecular flexibility index (Phi) is 6.16. The molecule has 1 aliphatic heterocycles. The van der Waals surface area contributed by atoms with Gasteiger partial charge in [0.1, 0.15) is 5.82 Å². The monoisotopic (exact) mass is 295 g/mol. The van der Waals surface area contributed by atoms with Crippen molar-refractivity contribution in [2.24, 2.45) is 0 Å². The fourth-order valence-corrected chi connectivity index (χ4v) is 2.46. The molecule has 0 atom stereocenters. The Balaban J connectivity index is 1.78. The molecule has 1 aromatic heterocycles. The lowest BCUT2D eigenvalue weighted by Crippen LogP contribution is -2.45. The van der Waals surface area contributed by atoms with Gasteiger partial charge in [-0.2, -0.15) is 0 Å². The third-order valence-electron chi connectivity index (χ3n) is 3.86. The topological polar surface area (TPSA) is 75.7 Å². The van der Waals surface area contributed by atoms with Crippen molar-refractivity contribution in [1.82, 2.24) is 24.7 Å². The van der Waals surface area contributed by atoms with Crippen LogP contribution in [0.25, 0.3) is 0 Å². The fourth-order valence-electron chi connectivity index (χ4n) is 2.46. The normalized spacial score (nSPS) is 17.0. The molecular weight excluding hydrogens is 270 g/mol. The summed E-state index contributed by atoms with van der Waals surface area (Å²) < 4.78 is 0. The van der Waals surface area contributed by atoms with E-state index in [0.717, 1.165) is 38.5 Å². The molecule has 1 aromatic rings. The number of nitrogens with one attached hydrogen (secondary N) is 1. The minimum atomic E-state index is -0.0268. The zero-order valence-corrected chi connectivity index (χ0v) is 12.7. The molecule has 0 bridgehead atoms. The van der Waals surface area contributed by atoms with Crippen LogP contribution in [0.1, 0.15) is 12.2 Å². The number of H-pyrrole nitrogens is 1. The summed E-state index contributed by atoms with van der Waals surface area (Å²) in [6, 6.07) is 0. The molecule has 118 valence electrons. The highest BCUT2D eigenvalue weighted by Gasteiger charge is 2.18. The summed E-state index contributed by atoms with van der Waals surface area (Å²) in [5, 5.41) is 9.12. The standard InChI is InChI=1S/C14H25N5O2/c1-17-6-8-18(9-7-17)5-2-14(21)19(10-11-20)12-13-15-3-4-16-13/h3-4,20H,2,5-12H2,1H3,(H,15,16). The molecule has 0 aromatic carbocycles. The summed E-state index contributed by atoms with van der Waals surface area (Å²) in [5.74, 6) is 0.816. The molecule has 0 spiro atoms. The summed E-state index contributed by atoms with van der Waals surface area (Å²) in [7, 11) is 2.12. The van der Waals surface area contributed by atoms with Crippen molar-refractivity contribution >= 4 is 5.91 Å². The summed E-state index contributed by atoms with van der Waals surface area (Å²) >= 11 is 0. The van der Waals surface area contributed by atoms with E-state index in [1.165, 1.54) is 0 Å². The van der Waals surface area contributed by atoms with Crippen LogP contribution < -0.4 is 0 Å². The molecule has 1 fully saturated rings. The Morgan fingerprint density at radius 1 is 1.43 bits per heavy atom. The van der Waals surface area contributed by atoms with Crippen LogP contribution in [-0.4, -0.2) is 88.6 Å². The first kappa shape index (κ1) is 15.9. The van der Waals surface area contributed by atoms with Gasteiger partial charge in [0.25, 0.3) is 0 Å². The Hall–Kier alpha value is -1.44. The van der Waals surface area contributed by atoms with Crippen molar-refractivity contribution < 1.29 is 9.90 Å². The second-order valence-corrected chi connectivity index (χ2v) is 5.47. The molecule has 21 heavy (non-hydrogen) atoms. The number of carbonyl (C=O) groups excluding carboxylic acids is 1. The number of amides is 1. The number of aliphatic hydroxyl groups excluding tert-OH is 1. The summed E-state index contributed by atoms with van der Waals surface area (Å²) in [6.07, 6.45) is 3.90. The Morgan fingerprint density at radius 2 is 2.19 bits per heavy atom. The van der Waals surface area contributed by atoms with Gasteiger partial charge in [-0.05, 0) is 7.05 Å². The average molecular weight is 295 g/mol. The number of rotatable bonds is 7. The molecule has 7 heteroatoms. The maximum Gasteiger partial charge on any atom is 0.224 e. The van der Waals surface area contributed by atoms with Crippen LogP contribution >= 0.6 is 0 Å². The second-order valence-electron chi connectivity index (χ2n) is 5.47. The van der Waals surface area contributed by atoms with Gasteiger partial charge >= 0.3 is 0 Å². The van der Waals surface area contributed by atoms with Gasteiger partial charge in [-0.15, -0.1) is 0 Å². The molecule has 0 radical (unpaired) electrons. The Bertz CT molecular complexity index is 415. The van der Waals surface area contributed by atoms with Crippen LogP contribution in [0.15, 0.2) is 12.4 Å². The quantitative estimate of drug-likeness (QED) is 0.700. The number of aliphatic hydroxyl groups is 1. The number of likely N-dealkylation sites (N-methyl/N-ethyl adjacent to an activating group) is 1. The third kappa shape index (κ3) is 5.11. The van der Waals surface area contributed by atoms with Gasteiger partial charge in [0.05, 0.1) is 13.2 Å². The summed E-state index contributed by atoms with van der Waals surface area (Å²) in [5.41, 5.74) is 0. The first-order valence-corrected chi connectivity index (χ1v) is 7.47. The Morgan fingerprint density at radius 3 is 2.81 bits per heavy atom. The molecule has 7 nitrogen and oxygen atoms in total. The number of hydrogen-bond acceptors (Lipinski definition) is 5. The second kappa shape index (κ2) is 8.11. The van der Waals surface area contributed by atoms with E-state index >= 15 is 0 Å². The van der Waals surface area contributed by atoms with Gasteiger partial charge in [0, 0.05) is 58.1 Å². The lowest BCUT2D eigenvalue weighted by atomic mass is 10.2. The zero-order valence-electron chi connectivity index (χ0n) is 12.7. The fraction of sp³-hybridized carbons (Fsp3) is 0.714. The highest BCUT2D eigenvalue weighted by molar-refractivity contribution is 5.76. The number of piperazine rings is 1. The number of carbonyl (C=O) groups is 1. The average Bonchev–Trinajstić information content (AvgIpc) is 2.99. The molecule has 1 amide bonds. The number of aromatic nitrogens is 2. The largest absolute Gasteiger partial charge is 0.395 e. The van der Waals surface area contributed by atoms with Crippen LogP contribution in [0, 0.1) is 0 Å². The van der Waals surface area contributed by atoms with E-state index in [0.29, 0.717) is 19.5 Å².